The standard InChI is InChI=1S/C22H24ClN3OS2/c1-15-24-20(14-29-15)12-26-9-6-17(7-10-26)22(27)25-21(18-8-11-28-13-18)16-2-4-19(23)5-3-16/h2-5,8,11,13-14,17,21H,6-7,9-10,12H2,1H3,(H,25,27). The number of carbonyl (C=O) groups excluding carboxylic acids is 1. The van der Waals surface area contributed by atoms with Crippen LogP contribution in [0.2, 0.25) is 5.02 Å². The molecule has 3 heterocycles. The van der Waals surface area contributed by atoms with Gasteiger partial charge in [0.25, 0.3) is 0 Å². The van der Waals surface area contributed by atoms with Crippen LogP contribution in [0.4, 0.5) is 0 Å². The highest BCUT2D eigenvalue weighted by Gasteiger charge is 2.27. The molecule has 0 radical (unpaired) electrons. The van der Waals surface area contributed by atoms with Crippen LogP contribution >= 0.6 is 34.3 Å². The van der Waals surface area contributed by atoms with E-state index in [2.05, 4.69) is 32.0 Å². The van der Waals surface area contributed by atoms with E-state index in [4.69, 9.17) is 11.6 Å². The number of thiazole rings is 1. The van der Waals surface area contributed by atoms with E-state index in [0.717, 1.165) is 54.3 Å². The number of rotatable bonds is 6. The van der Waals surface area contributed by atoms with Gasteiger partial charge in [0.2, 0.25) is 5.91 Å². The molecular formula is C22H24ClN3OS2. The smallest absolute Gasteiger partial charge is 0.223 e. The zero-order valence-electron chi connectivity index (χ0n) is 16.3. The Balaban J connectivity index is 1.37. The van der Waals surface area contributed by atoms with Gasteiger partial charge in [0.1, 0.15) is 0 Å². The molecule has 1 atom stereocenters. The number of piperidine rings is 1. The van der Waals surface area contributed by atoms with Crippen molar-refractivity contribution >= 4 is 40.2 Å². The summed E-state index contributed by atoms with van der Waals surface area (Å²) in [6.45, 7) is 4.77. The van der Waals surface area contributed by atoms with E-state index < -0.39 is 0 Å². The molecule has 29 heavy (non-hydrogen) atoms. The molecule has 152 valence electrons. The number of amides is 1. The first-order chi connectivity index (χ1) is 14.1. The number of carbonyl (C=O) groups is 1. The minimum absolute atomic E-state index is 0.0526. The van der Waals surface area contributed by atoms with Crippen molar-refractivity contribution in [3.63, 3.8) is 0 Å². The minimum Gasteiger partial charge on any atom is -0.345 e. The molecule has 1 aromatic carbocycles. The van der Waals surface area contributed by atoms with Crippen molar-refractivity contribution in [1.29, 1.82) is 0 Å². The van der Waals surface area contributed by atoms with Crippen LogP contribution in [0, 0.1) is 12.8 Å². The second-order valence-electron chi connectivity index (χ2n) is 7.46. The highest BCUT2D eigenvalue weighted by atomic mass is 35.5. The van der Waals surface area contributed by atoms with Crippen LogP contribution in [0.1, 0.15) is 40.7 Å². The molecule has 0 bridgehead atoms. The van der Waals surface area contributed by atoms with Gasteiger partial charge in [-0.15, -0.1) is 11.3 Å². The van der Waals surface area contributed by atoms with E-state index in [1.807, 2.05) is 36.6 Å². The van der Waals surface area contributed by atoms with Crippen LogP contribution in [0.25, 0.3) is 0 Å². The molecular weight excluding hydrogens is 422 g/mol. The maximum atomic E-state index is 13.0. The Kier molecular flexibility index (Phi) is 6.65. The van der Waals surface area contributed by atoms with E-state index in [1.165, 1.54) is 0 Å². The molecule has 4 rings (SSSR count). The summed E-state index contributed by atoms with van der Waals surface area (Å²) in [5, 5.41) is 11.4. The third-order valence-corrected chi connectivity index (χ3v) is 7.15. The number of hydrogen-bond donors (Lipinski definition) is 1. The summed E-state index contributed by atoms with van der Waals surface area (Å²) in [5.74, 6) is 0.192. The van der Waals surface area contributed by atoms with E-state index in [1.54, 1.807) is 22.7 Å². The SMILES string of the molecule is Cc1nc(CN2CCC(C(=O)NC(c3ccc(Cl)cc3)c3ccsc3)CC2)cs1. The number of nitrogens with zero attached hydrogens (tertiary/aromatic N) is 2. The lowest BCUT2D eigenvalue weighted by atomic mass is 9.94. The number of likely N-dealkylation sites (tertiary alicyclic amines) is 1. The van der Waals surface area contributed by atoms with Gasteiger partial charge in [-0.25, -0.2) is 4.98 Å². The van der Waals surface area contributed by atoms with Crippen molar-refractivity contribution < 1.29 is 4.79 Å². The highest BCUT2D eigenvalue weighted by Crippen LogP contribution is 2.27. The lowest BCUT2D eigenvalue weighted by Crippen LogP contribution is -2.41. The van der Waals surface area contributed by atoms with E-state index >= 15 is 0 Å². The lowest BCUT2D eigenvalue weighted by Gasteiger charge is -2.31. The summed E-state index contributed by atoms with van der Waals surface area (Å²) >= 11 is 9.38. The van der Waals surface area contributed by atoms with Crippen molar-refractivity contribution in [3.05, 3.63) is 73.3 Å². The molecule has 1 aliphatic heterocycles. The largest absolute Gasteiger partial charge is 0.345 e. The predicted octanol–water partition coefficient (Wildman–Crippen LogP) is 5.28. The van der Waals surface area contributed by atoms with Crippen molar-refractivity contribution in [2.45, 2.75) is 32.4 Å². The van der Waals surface area contributed by atoms with Crippen molar-refractivity contribution in [3.8, 4) is 0 Å². The number of benzene rings is 1. The molecule has 1 N–H and O–H groups in total. The number of thiophene rings is 1. The Morgan fingerprint density at radius 1 is 1.21 bits per heavy atom. The third kappa shape index (κ3) is 5.25. The maximum Gasteiger partial charge on any atom is 0.223 e. The van der Waals surface area contributed by atoms with E-state index in [0.29, 0.717) is 5.02 Å². The van der Waals surface area contributed by atoms with Gasteiger partial charge in [-0.05, 0) is 72.9 Å². The van der Waals surface area contributed by atoms with Crippen LogP contribution in [-0.2, 0) is 11.3 Å². The van der Waals surface area contributed by atoms with Gasteiger partial charge < -0.3 is 5.32 Å². The average Bonchev–Trinajstić information content (AvgIpc) is 3.39. The monoisotopic (exact) mass is 445 g/mol. The second-order valence-corrected chi connectivity index (χ2v) is 9.74. The zero-order chi connectivity index (χ0) is 20.2. The summed E-state index contributed by atoms with van der Waals surface area (Å²) in [6.07, 6.45) is 1.76. The molecule has 1 aliphatic rings. The molecule has 1 fully saturated rings. The quantitative estimate of drug-likeness (QED) is 0.561. The number of aromatic nitrogens is 1. The van der Waals surface area contributed by atoms with E-state index in [-0.39, 0.29) is 17.9 Å². The molecule has 0 spiro atoms. The molecule has 4 nitrogen and oxygen atoms in total. The maximum absolute atomic E-state index is 13.0. The fourth-order valence-corrected chi connectivity index (χ4v) is 5.19. The van der Waals surface area contributed by atoms with Crippen molar-refractivity contribution in [2.75, 3.05) is 13.1 Å². The van der Waals surface area contributed by atoms with Crippen molar-refractivity contribution in [1.82, 2.24) is 15.2 Å². The average molecular weight is 446 g/mol. The Morgan fingerprint density at radius 2 is 1.97 bits per heavy atom. The highest BCUT2D eigenvalue weighted by molar-refractivity contribution is 7.09. The zero-order valence-corrected chi connectivity index (χ0v) is 18.7. The fraction of sp³-hybridized carbons (Fsp3) is 0.364. The Bertz CT molecular complexity index is 931. The molecule has 2 aromatic heterocycles. The number of hydrogen-bond acceptors (Lipinski definition) is 5. The number of halogens is 1. The summed E-state index contributed by atoms with van der Waals surface area (Å²) in [7, 11) is 0. The van der Waals surface area contributed by atoms with Crippen LogP contribution in [0.5, 0.6) is 0 Å². The molecule has 7 heteroatoms. The minimum atomic E-state index is -0.137. The van der Waals surface area contributed by atoms with Crippen LogP contribution in [0.15, 0.2) is 46.5 Å². The summed E-state index contributed by atoms with van der Waals surface area (Å²) < 4.78 is 0. The van der Waals surface area contributed by atoms with E-state index in [9.17, 15) is 4.79 Å². The van der Waals surface area contributed by atoms with Gasteiger partial charge in [0.15, 0.2) is 0 Å². The van der Waals surface area contributed by atoms with Crippen LogP contribution < -0.4 is 5.32 Å². The Morgan fingerprint density at radius 3 is 2.59 bits per heavy atom. The molecule has 1 saturated heterocycles. The van der Waals surface area contributed by atoms with Crippen molar-refractivity contribution in [2.24, 2.45) is 5.92 Å². The number of nitrogens with one attached hydrogen (secondary N) is 1. The first-order valence-corrected chi connectivity index (χ1v) is 12.0. The fourth-order valence-electron chi connectivity index (χ4n) is 3.78. The molecule has 1 unspecified atom stereocenters. The van der Waals surface area contributed by atoms with Gasteiger partial charge >= 0.3 is 0 Å². The third-order valence-electron chi connectivity index (χ3n) is 5.38. The molecule has 0 aliphatic carbocycles. The van der Waals surface area contributed by atoms with Gasteiger partial charge in [-0.2, -0.15) is 11.3 Å². The lowest BCUT2D eigenvalue weighted by molar-refractivity contribution is -0.127. The number of aryl methyl sites for hydroxylation is 1. The predicted molar refractivity (Wildman–Crippen MR) is 121 cm³/mol. The molecule has 3 aromatic rings. The molecule has 1 amide bonds. The summed E-state index contributed by atoms with van der Waals surface area (Å²) in [5.41, 5.74) is 3.30. The van der Waals surface area contributed by atoms with Gasteiger partial charge in [0.05, 0.1) is 16.7 Å². The van der Waals surface area contributed by atoms with Gasteiger partial charge in [-0.1, -0.05) is 23.7 Å². The first-order valence-electron chi connectivity index (χ1n) is 9.80. The Hall–Kier alpha value is -1.73. The summed E-state index contributed by atoms with van der Waals surface area (Å²) in [6, 6.07) is 9.67. The molecule has 0 saturated carbocycles. The van der Waals surface area contributed by atoms with Gasteiger partial charge in [0, 0.05) is 22.9 Å². The first kappa shape index (κ1) is 20.5. The topological polar surface area (TPSA) is 45.2 Å². The normalized spacial score (nSPS) is 16.6. The van der Waals surface area contributed by atoms with Gasteiger partial charge in [-0.3, -0.25) is 9.69 Å². The van der Waals surface area contributed by atoms with Crippen LogP contribution in [0.3, 0.4) is 0 Å². The Labute approximate surface area is 184 Å². The van der Waals surface area contributed by atoms with Crippen LogP contribution in [-0.4, -0.2) is 28.9 Å². The summed E-state index contributed by atoms with van der Waals surface area (Å²) in [4.78, 5) is 20.0. The second kappa shape index (κ2) is 9.39.